The number of aromatic amines is 1. The molecule has 1 aliphatic rings. The molecule has 34 heavy (non-hydrogen) atoms. The van der Waals surface area contributed by atoms with Crippen LogP contribution in [0.1, 0.15) is 21.5 Å². The molecule has 0 aliphatic carbocycles. The van der Waals surface area contributed by atoms with Crippen molar-refractivity contribution in [2.45, 2.75) is 13.5 Å². The minimum Gasteiger partial charge on any atom is -0.495 e. The maximum atomic E-state index is 12.4. The average molecular weight is 461 g/mol. The highest BCUT2D eigenvalue weighted by atomic mass is 16.5. The molecule has 2 N–H and O–H groups in total. The number of H-pyrrole nitrogens is 1. The summed E-state index contributed by atoms with van der Waals surface area (Å²) in [6.45, 7) is 6.20. The Kier molecular flexibility index (Phi) is 5.70. The molecular formula is C25H28N6O3. The quantitative estimate of drug-likeness (QED) is 0.474. The number of piperazine rings is 1. The Morgan fingerprint density at radius 3 is 2.71 bits per heavy atom. The van der Waals surface area contributed by atoms with Crippen molar-refractivity contribution in [1.29, 1.82) is 0 Å². The van der Waals surface area contributed by atoms with Crippen molar-refractivity contribution in [3.05, 3.63) is 69.9 Å². The van der Waals surface area contributed by atoms with Gasteiger partial charge in [-0.3, -0.25) is 19.1 Å². The topological polar surface area (TPSA) is 95.0 Å². The van der Waals surface area contributed by atoms with Gasteiger partial charge < -0.3 is 19.9 Å². The van der Waals surface area contributed by atoms with E-state index in [2.05, 4.69) is 25.1 Å². The maximum Gasteiger partial charge on any atom is 0.330 e. The standard InChI is InChI=1S/C25H28N6O3/c1-16-6-7-31-23(16)22-19(28-25(31)33)12-17(14-27-22)15-29-8-10-30(11-9-29)20-5-4-18(24(32)26-2)13-21(20)34-3/h4-7,12-14H,8-11,15H2,1-3H3,(H,26,32)(H,28,33). The van der Waals surface area contributed by atoms with Gasteiger partial charge in [-0.05, 0) is 48.4 Å². The number of carbonyl (C=O) groups excluding carboxylic acids is 1. The molecule has 0 unspecified atom stereocenters. The van der Waals surface area contributed by atoms with Crippen LogP contribution in [0.3, 0.4) is 0 Å². The van der Waals surface area contributed by atoms with Gasteiger partial charge in [-0.25, -0.2) is 4.79 Å². The normalized spacial score (nSPS) is 14.6. The first-order valence-electron chi connectivity index (χ1n) is 11.3. The molecule has 0 bridgehead atoms. The molecule has 1 saturated heterocycles. The first-order chi connectivity index (χ1) is 16.5. The number of methoxy groups -OCH3 is 1. The van der Waals surface area contributed by atoms with Gasteiger partial charge in [0, 0.05) is 57.7 Å². The summed E-state index contributed by atoms with van der Waals surface area (Å²) < 4.78 is 7.18. The van der Waals surface area contributed by atoms with Crippen molar-refractivity contribution in [3.63, 3.8) is 0 Å². The SMILES string of the molecule is CNC(=O)c1ccc(N2CCN(Cc3cnc4c(c3)[nH]c(=O)n3ccc(C)c43)CC2)c(OC)c1. The number of rotatable bonds is 5. The molecule has 1 aromatic carbocycles. The number of pyridine rings is 1. The van der Waals surface area contributed by atoms with E-state index in [1.165, 1.54) is 0 Å². The van der Waals surface area contributed by atoms with E-state index in [9.17, 15) is 9.59 Å². The second kappa shape index (κ2) is 8.83. The molecule has 4 aromatic rings. The summed E-state index contributed by atoms with van der Waals surface area (Å²) in [5.41, 5.74) is 5.95. The Bertz CT molecular complexity index is 1430. The number of ether oxygens (including phenoxy) is 1. The van der Waals surface area contributed by atoms with Crippen molar-refractivity contribution in [1.82, 2.24) is 24.6 Å². The summed E-state index contributed by atoms with van der Waals surface area (Å²) in [5, 5.41) is 2.64. The van der Waals surface area contributed by atoms with E-state index in [4.69, 9.17) is 4.74 Å². The predicted molar refractivity (Wildman–Crippen MR) is 132 cm³/mol. The first kappa shape index (κ1) is 22.0. The number of aryl methyl sites for hydroxylation is 1. The second-order valence-corrected chi connectivity index (χ2v) is 8.62. The third kappa shape index (κ3) is 3.88. The zero-order chi connectivity index (χ0) is 23.8. The van der Waals surface area contributed by atoms with Gasteiger partial charge in [0.2, 0.25) is 0 Å². The number of aromatic nitrogens is 3. The van der Waals surface area contributed by atoms with Crippen molar-refractivity contribution in [2.75, 3.05) is 45.2 Å². The lowest BCUT2D eigenvalue weighted by molar-refractivity contribution is 0.0962. The number of amides is 1. The van der Waals surface area contributed by atoms with Crippen molar-refractivity contribution < 1.29 is 9.53 Å². The summed E-state index contributed by atoms with van der Waals surface area (Å²) in [4.78, 5) is 36.7. The van der Waals surface area contributed by atoms with Gasteiger partial charge in [0.25, 0.3) is 5.91 Å². The summed E-state index contributed by atoms with van der Waals surface area (Å²) in [6.07, 6.45) is 3.68. The van der Waals surface area contributed by atoms with E-state index in [1.807, 2.05) is 37.4 Å². The lowest BCUT2D eigenvalue weighted by Crippen LogP contribution is -2.46. The molecule has 9 heteroatoms. The molecule has 1 fully saturated rings. The fourth-order valence-electron chi connectivity index (χ4n) is 4.68. The molecule has 0 radical (unpaired) electrons. The molecule has 176 valence electrons. The molecule has 4 heterocycles. The Morgan fingerprint density at radius 2 is 1.97 bits per heavy atom. The van der Waals surface area contributed by atoms with E-state index in [0.29, 0.717) is 11.3 Å². The number of anilines is 1. The Hall–Kier alpha value is -3.85. The van der Waals surface area contributed by atoms with E-state index < -0.39 is 0 Å². The molecular weight excluding hydrogens is 432 g/mol. The van der Waals surface area contributed by atoms with Crippen LogP contribution < -0.4 is 20.6 Å². The number of nitrogens with one attached hydrogen (secondary N) is 2. The van der Waals surface area contributed by atoms with Gasteiger partial charge in [0.1, 0.15) is 11.3 Å². The van der Waals surface area contributed by atoms with Crippen LogP contribution in [-0.2, 0) is 6.54 Å². The smallest absolute Gasteiger partial charge is 0.330 e. The average Bonchev–Trinajstić information content (AvgIpc) is 3.26. The highest BCUT2D eigenvalue weighted by molar-refractivity contribution is 5.95. The van der Waals surface area contributed by atoms with Gasteiger partial charge in [0.05, 0.1) is 23.8 Å². The highest BCUT2D eigenvalue weighted by Crippen LogP contribution is 2.30. The third-order valence-electron chi connectivity index (χ3n) is 6.51. The van der Waals surface area contributed by atoms with Crippen molar-refractivity contribution in [2.24, 2.45) is 0 Å². The Morgan fingerprint density at radius 1 is 1.18 bits per heavy atom. The van der Waals surface area contributed by atoms with Gasteiger partial charge >= 0.3 is 5.69 Å². The Balaban J connectivity index is 1.30. The number of hydrogen-bond donors (Lipinski definition) is 2. The third-order valence-corrected chi connectivity index (χ3v) is 6.51. The van der Waals surface area contributed by atoms with E-state index in [1.54, 1.807) is 30.8 Å². The molecule has 1 amide bonds. The maximum absolute atomic E-state index is 12.4. The predicted octanol–water partition coefficient (Wildman–Crippen LogP) is 2.17. The van der Waals surface area contributed by atoms with Crippen LogP contribution in [-0.4, -0.2) is 65.5 Å². The fourth-order valence-corrected chi connectivity index (χ4v) is 4.68. The van der Waals surface area contributed by atoms with Gasteiger partial charge in [-0.1, -0.05) is 0 Å². The fraction of sp³-hybridized carbons (Fsp3) is 0.320. The molecule has 0 atom stereocenters. The summed E-state index contributed by atoms with van der Waals surface area (Å²) in [6, 6.07) is 9.52. The number of nitrogens with zero attached hydrogens (tertiary/aromatic N) is 4. The number of benzene rings is 1. The van der Waals surface area contributed by atoms with Crippen LogP contribution in [0.25, 0.3) is 16.6 Å². The Labute approximate surface area is 197 Å². The van der Waals surface area contributed by atoms with Crippen LogP contribution in [0.2, 0.25) is 0 Å². The van der Waals surface area contributed by atoms with E-state index in [0.717, 1.165) is 66.1 Å². The lowest BCUT2D eigenvalue weighted by atomic mass is 10.1. The molecule has 3 aromatic heterocycles. The molecule has 0 saturated carbocycles. The lowest BCUT2D eigenvalue weighted by Gasteiger charge is -2.36. The molecule has 5 rings (SSSR count). The minimum atomic E-state index is -0.153. The van der Waals surface area contributed by atoms with Crippen LogP contribution in [0, 0.1) is 6.92 Å². The summed E-state index contributed by atoms with van der Waals surface area (Å²) in [7, 11) is 3.25. The second-order valence-electron chi connectivity index (χ2n) is 8.62. The summed E-state index contributed by atoms with van der Waals surface area (Å²) in [5.74, 6) is 0.567. The van der Waals surface area contributed by atoms with Crippen LogP contribution in [0.4, 0.5) is 5.69 Å². The minimum absolute atomic E-state index is 0.132. The number of hydrogen-bond acceptors (Lipinski definition) is 6. The van der Waals surface area contributed by atoms with Crippen LogP contribution in [0.5, 0.6) is 5.75 Å². The molecule has 0 spiro atoms. The van der Waals surface area contributed by atoms with Crippen molar-refractivity contribution in [3.8, 4) is 5.75 Å². The molecule has 9 nitrogen and oxygen atoms in total. The number of carbonyl (C=O) groups is 1. The van der Waals surface area contributed by atoms with Crippen LogP contribution >= 0.6 is 0 Å². The van der Waals surface area contributed by atoms with E-state index >= 15 is 0 Å². The largest absolute Gasteiger partial charge is 0.495 e. The zero-order valence-corrected chi connectivity index (χ0v) is 19.6. The number of fused-ring (bicyclic) bond motifs is 3. The van der Waals surface area contributed by atoms with Gasteiger partial charge in [-0.2, -0.15) is 0 Å². The van der Waals surface area contributed by atoms with Crippen molar-refractivity contribution >= 4 is 28.1 Å². The van der Waals surface area contributed by atoms with Gasteiger partial charge in [0.15, 0.2) is 0 Å². The molecule has 1 aliphatic heterocycles. The van der Waals surface area contributed by atoms with Gasteiger partial charge in [-0.15, -0.1) is 0 Å². The summed E-state index contributed by atoms with van der Waals surface area (Å²) >= 11 is 0. The first-order valence-corrected chi connectivity index (χ1v) is 11.3. The highest BCUT2D eigenvalue weighted by Gasteiger charge is 2.21. The van der Waals surface area contributed by atoms with Crippen LogP contribution in [0.15, 0.2) is 47.5 Å². The zero-order valence-electron chi connectivity index (χ0n) is 19.6. The van der Waals surface area contributed by atoms with E-state index in [-0.39, 0.29) is 11.6 Å². The monoisotopic (exact) mass is 460 g/mol.